The molecule has 2 fully saturated rings. The Morgan fingerprint density at radius 1 is 1.09 bits per heavy atom. The molecular weight excluding hydrogens is 436 g/mol. The summed E-state index contributed by atoms with van der Waals surface area (Å²) in [6.07, 6.45) is 0. The lowest BCUT2D eigenvalue weighted by atomic mass is 9.94. The smallest absolute Gasteiger partial charge is 0.295 e. The fraction of sp³-hybridized carbons (Fsp3) is 0.385. The van der Waals surface area contributed by atoms with Crippen molar-refractivity contribution >= 4 is 17.4 Å². The SMILES string of the molecule is COc1ccc(C2/C(=C(\[O-])c3ccc(C)cc3)C(=O)C(=O)N2CC[NH+]2CCOCC2)c(OC)c1. The lowest BCUT2D eigenvalue weighted by molar-refractivity contribution is -0.907. The van der Waals surface area contributed by atoms with E-state index in [4.69, 9.17) is 14.2 Å². The molecule has 2 aliphatic heterocycles. The third-order valence-corrected chi connectivity index (χ3v) is 6.48. The van der Waals surface area contributed by atoms with Crippen LogP contribution in [0.1, 0.15) is 22.7 Å². The molecule has 1 atom stereocenters. The van der Waals surface area contributed by atoms with E-state index in [2.05, 4.69) is 0 Å². The summed E-state index contributed by atoms with van der Waals surface area (Å²) in [5.74, 6) is -0.837. The van der Waals surface area contributed by atoms with Gasteiger partial charge in [-0.05, 0) is 24.6 Å². The number of aryl methyl sites for hydroxylation is 1. The van der Waals surface area contributed by atoms with Crippen LogP contribution < -0.4 is 19.5 Å². The highest BCUT2D eigenvalue weighted by molar-refractivity contribution is 6.46. The first kappa shape index (κ1) is 23.8. The van der Waals surface area contributed by atoms with Gasteiger partial charge < -0.3 is 29.1 Å². The van der Waals surface area contributed by atoms with Gasteiger partial charge in [-0.25, -0.2) is 0 Å². The molecule has 2 heterocycles. The third-order valence-electron chi connectivity index (χ3n) is 6.48. The first-order chi connectivity index (χ1) is 16.4. The molecule has 2 saturated heterocycles. The van der Waals surface area contributed by atoms with E-state index in [-0.39, 0.29) is 5.57 Å². The molecule has 4 rings (SSSR count). The number of benzene rings is 2. The lowest BCUT2D eigenvalue weighted by Crippen LogP contribution is -3.14. The van der Waals surface area contributed by atoms with E-state index in [1.54, 1.807) is 37.4 Å². The summed E-state index contributed by atoms with van der Waals surface area (Å²) in [6, 6.07) is 11.4. The fourth-order valence-corrected chi connectivity index (χ4v) is 4.52. The average molecular weight is 467 g/mol. The quantitative estimate of drug-likeness (QED) is 0.355. The normalized spacial score (nSPS) is 20.6. The number of hydrogen-bond donors (Lipinski definition) is 1. The van der Waals surface area contributed by atoms with Crippen molar-refractivity contribution in [2.45, 2.75) is 13.0 Å². The van der Waals surface area contributed by atoms with Crippen LogP contribution in [0.2, 0.25) is 0 Å². The maximum Gasteiger partial charge on any atom is 0.295 e. The Labute approximate surface area is 199 Å². The summed E-state index contributed by atoms with van der Waals surface area (Å²) < 4.78 is 16.3. The molecule has 1 unspecified atom stereocenters. The number of ketones is 1. The van der Waals surface area contributed by atoms with E-state index < -0.39 is 23.5 Å². The van der Waals surface area contributed by atoms with Gasteiger partial charge in [-0.1, -0.05) is 35.6 Å². The van der Waals surface area contributed by atoms with Crippen LogP contribution in [0.5, 0.6) is 11.5 Å². The molecule has 1 N–H and O–H groups in total. The van der Waals surface area contributed by atoms with Crippen LogP contribution in [0.25, 0.3) is 5.76 Å². The van der Waals surface area contributed by atoms with E-state index in [1.807, 2.05) is 19.1 Å². The number of ether oxygens (including phenoxy) is 3. The molecule has 2 aromatic carbocycles. The average Bonchev–Trinajstić information content (AvgIpc) is 3.12. The minimum Gasteiger partial charge on any atom is -0.872 e. The van der Waals surface area contributed by atoms with Crippen molar-refractivity contribution in [3.63, 3.8) is 0 Å². The number of methoxy groups -OCH3 is 2. The molecule has 8 nitrogen and oxygen atoms in total. The van der Waals surface area contributed by atoms with Gasteiger partial charge in [0, 0.05) is 17.2 Å². The molecule has 34 heavy (non-hydrogen) atoms. The highest BCUT2D eigenvalue weighted by atomic mass is 16.5. The van der Waals surface area contributed by atoms with Gasteiger partial charge in [0.05, 0.1) is 46.6 Å². The van der Waals surface area contributed by atoms with Gasteiger partial charge in [0.15, 0.2) is 0 Å². The number of carbonyl (C=O) groups is 2. The summed E-state index contributed by atoms with van der Waals surface area (Å²) in [5.41, 5.74) is 1.91. The molecule has 0 bridgehead atoms. The zero-order chi connectivity index (χ0) is 24.2. The number of carbonyl (C=O) groups excluding carboxylic acids is 2. The molecule has 8 heteroatoms. The monoisotopic (exact) mass is 466 g/mol. The molecule has 0 spiro atoms. The minimum absolute atomic E-state index is 0.0469. The van der Waals surface area contributed by atoms with E-state index >= 15 is 0 Å². The fourth-order valence-electron chi connectivity index (χ4n) is 4.52. The van der Waals surface area contributed by atoms with Crippen LogP contribution in [0.3, 0.4) is 0 Å². The van der Waals surface area contributed by atoms with E-state index in [0.717, 1.165) is 18.7 Å². The van der Waals surface area contributed by atoms with Gasteiger partial charge in [-0.2, -0.15) is 0 Å². The molecule has 2 aromatic rings. The van der Waals surface area contributed by atoms with Gasteiger partial charge in [0.1, 0.15) is 24.6 Å². The maximum atomic E-state index is 13.5. The van der Waals surface area contributed by atoms with Crippen LogP contribution >= 0.6 is 0 Å². The van der Waals surface area contributed by atoms with Crippen LogP contribution in [-0.2, 0) is 14.3 Å². The van der Waals surface area contributed by atoms with Gasteiger partial charge in [0.25, 0.3) is 5.91 Å². The van der Waals surface area contributed by atoms with Crippen molar-refractivity contribution in [2.24, 2.45) is 0 Å². The summed E-state index contributed by atoms with van der Waals surface area (Å²) in [5, 5.41) is 13.5. The van der Waals surface area contributed by atoms with Crippen molar-refractivity contribution in [1.29, 1.82) is 0 Å². The molecule has 180 valence electrons. The van der Waals surface area contributed by atoms with Crippen LogP contribution in [-0.4, -0.2) is 70.2 Å². The second-order valence-electron chi connectivity index (χ2n) is 8.56. The summed E-state index contributed by atoms with van der Waals surface area (Å²) in [6.45, 7) is 5.93. The standard InChI is InChI=1S/C26H30N2O6/c1-17-4-6-18(7-5-17)24(29)22-23(20-9-8-19(32-2)16-21(20)33-3)28(26(31)25(22)30)11-10-27-12-14-34-15-13-27/h4-9,16,23,29H,10-15H2,1-3H3/b24-22+. The Hall–Kier alpha value is -3.36. The highest BCUT2D eigenvalue weighted by Crippen LogP contribution is 2.42. The first-order valence-corrected chi connectivity index (χ1v) is 11.4. The number of rotatable bonds is 7. The predicted octanol–water partition coefficient (Wildman–Crippen LogP) is 0.151. The Kier molecular flexibility index (Phi) is 7.19. The van der Waals surface area contributed by atoms with Gasteiger partial charge in [-0.15, -0.1) is 0 Å². The second kappa shape index (κ2) is 10.3. The largest absolute Gasteiger partial charge is 0.872 e. The second-order valence-corrected chi connectivity index (χ2v) is 8.56. The van der Waals surface area contributed by atoms with E-state index in [0.29, 0.717) is 48.9 Å². The molecule has 0 aromatic heterocycles. The Balaban J connectivity index is 1.79. The van der Waals surface area contributed by atoms with Gasteiger partial charge in [0.2, 0.25) is 5.78 Å². The zero-order valence-corrected chi connectivity index (χ0v) is 19.8. The van der Waals surface area contributed by atoms with Crippen molar-refractivity contribution < 1.29 is 33.8 Å². The molecular formula is C26H30N2O6. The topological polar surface area (TPSA) is 92.6 Å². The number of Topliss-reactive ketones (excluding diaryl/α,β-unsaturated/α-hetero) is 1. The van der Waals surface area contributed by atoms with Crippen LogP contribution in [0, 0.1) is 6.92 Å². The molecule has 0 radical (unpaired) electrons. The van der Waals surface area contributed by atoms with Crippen molar-refractivity contribution in [2.75, 3.05) is 53.6 Å². The number of nitrogens with one attached hydrogen (secondary N) is 1. The Bertz CT molecular complexity index is 1090. The molecule has 1 amide bonds. The zero-order valence-electron chi connectivity index (χ0n) is 19.8. The summed E-state index contributed by atoms with van der Waals surface area (Å²) >= 11 is 0. The highest BCUT2D eigenvalue weighted by Gasteiger charge is 2.45. The summed E-state index contributed by atoms with van der Waals surface area (Å²) in [7, 11) is 3.06. The molecule has 0 aliphatic carbocycles. The summed E-state index contributed by atoms with van der Waals surface area (Å²) in [4.78, 5) is 29.2. The maximum absolute atomic E-state index is 13.5. The van der Waals surface area contributed by atoms with Crippen LogP contribution in [0.15, 0.2) is 48.0 Å². The Morgan fingerprint density at radius 2 is 1.79 bits per heavy atom. The van der Waals surface area contributed by atoms with Crippen LogP contribution in [0.4, 0.5) is 0 Å². The van der Waals surface area contributed by atoms with E-state index in [1.165, 1.54) is 16.9 Å². The number of morpholine rings is 1. The van der Waals surface area contributed by atoms with Crippen molar-refractivity contribution in [3.8, 4) is 11.5 Å². The predicted molar refractivity (Wildman–Crippen MR) is 123 cm³/mol. The van der Waals surface area contributed by atoms with Gasteiger partial charge >= 0.3 is 0 Å². The Morgan fingerprint density at radius 3 is 2.44 bits per heavy atom. The minimum atomic E-state index is -0.838. The molecule has 2 aliphatic rings. The van der Waals surface area contributed by atoms with Crippen molar-refractivity contribution in [1.82, 2.24) is 4.90 Å². The number of likely N-dealkylation sites (tertiary alicyclic amines) is 1. The number of amides is 1. The first-order valence-electron chi connectivity index (χ1n) is 11.4. The third kappa shape index (κ3) is 4.64. The number of hydrogen-bond acceptors (Lipinski definition) is 6. The molecule has 0 saturated carbocycles. The number of quaternary nitrogens is 1. The van der Waals surface area contributed by atoms with Crippen molar-refractivity contribution in [3.05, 3.63) is 64.7 Å². The van der Waals surface area contributed by atoms with Gasteiger partial charge in [-0.3, -0.25) is 9.59 Å². The van der Waals surface area contributed by atoms with E-state index in [9.17, 15) is 14.7 Å². The lowest BCUT2D eigenvalue weighted by Gasteiger charge is -2.30. The number of nitrogens with zero attached hydrogens (tertiary/aromatic N) is 1.